The van der Waals surface area contributed by atoms with E-state index in [2.05, 4.69) is 0 Å². The van der Waals surface area contributed by atoms with Crippen molar-refractivity contribution in [3.8, 4) is 0 Å². The number of hydrogen-bond donors (Lipinski definition) is 1. The Balaban J connectivity index is 2.62. The minimum Gasteiger partial charge on any atom is -0.330 e. The third-order valence-electron chi connectivity index (χ3n) is 2.83. The normalized spacial score (nSPS) is 12.5. The largest absolute Gasteiger partial charge is 0.330 e. The van der Waals surface area contributed by atoms with Crippen LogP contribution in [0.5, 0.6) is 0 Å². The van der Waals surface area contributed by atoms with Gasteiger partial charge in [-0.1, -0.05) is 31.0 Å². The van der Waals surface area contributed by atoms with Crippen LogP contribution < -0.4 is 5.73 Å². The summed E-state index contributed by atoms with van der Waals surface area (Å²) in [6.07, 6.45) is 1.59. The summed E-state index contributed by atoms with van der Waals surface area (Å²) < 4.78 is 12.8. The maximum absolute atomic E-state index is 12.8. The van der Waals surface area contributed by atoms with Gasteiger partial charge in [-0.2, -0.15) is 0 Å². The fourth-order valence-electron chi connectivity index (χ4n) is 1.67. The number of carbonyl (C=O) groups is 1. The molecule has 0 aromatic heterocycles. The van der Waals surface area contributed by atoms with Crippen LogP contribution in [0, 0.1) is 11.7 Å². The van der Waals surface area contributed by atoms with Crippen LogP contribution in [0.2, 0.25) is 5.02 Å². The predicted octanol–water partition coefficient (Wildman–Crippen LogP) is 2.97. The first kappa shape index (κ1) is 14.1. The zero-order valence-electron chi connectivity index (χ0n) is 9.88. The molecule has 1 aromatic rings. The van der Waals surface area contributed by atoms with Gasteiger partial charge in [-0.05, 0) is 30.2 Å². The smallest absolute Gasteiger partial charge is 0.137 e. The highest BCUT2D eigenvalue weighted by atomic mass is 35.5. The summed E-state index contributed by atoms with van der Waals surface area (Å²) in [7, 11) is 0. The number of rotatable bonds is 6. The molecule has 1 rings (SSSR count). The molecule has 0 amide bonds. The Labute approximate surface area is 106 Å². The van der Waals surface area contributed by atoms with E-state index in [1.54, 1.807) is 6.07 Å². The second-order valence-electron chi connectivity index (χ2n) is 4.17. The summed E-state index contributed by atoms with van der Waals surface area (Å²) >= 11 is 5.86. The van der Waals surface area contributed by atoms with Gasteiger partial charge in [-0.25, -0.2) is 4.39 Å². The Bertz CT molecular complexity index is 391. The molecule has 2 N–H and O–H groups in total. The lowest BCUT2D eigenvalue weighted by Gasteiger charge is -2.11. The van der Waals surface area contributed by atoms with Gasteiger partial charge in [0.15, 0.2) is 0 Å². The van der Waals surface area contributed by atoms with Crippen molar-refractivity contribution in [2.75, 3.05) is 6.54 Å². The SMILES string of the molecule is CCC(CN)CC(=O)Cc1ccc(F)cc1Cl. The van der Waals surface area contributed by atoms with Crippen molar-refractivity contribution in [3.05, 3.63) is 34.6 Å². The summed E-state index contributed by atoms with van der Waals surface area (Å²) in [6.45, 7) is 2.52. The molecule has 2 nitrogen and oxygen atoms in total. The fraction of sp³-hybridized carbons (Fsp3) is 0.462. The van der Waals surface area contributed by atoms with Gasteiger partial charge in [0.2, 0.25) is 0 Å². The number of ketones is 1. The second kappa shape index (κ2) is 6.72. The molecule has 0 bridgehead atoms. The van der Waals surface area contributed by atoms with Crippen LogP contribution in [0.1, 0.15) is 25.3 Å². The van der Waals surface area contributed by atoms with Crippen molar-refractivity contribution >= 4 is 17.4 Å². The van der Waals surface area contributed by atoms with Crippen LogP contribution in [0.25, 0.3) is 0 Å². The van der Waals surface area contributed by atoms with E-state index in [4.69, 9.17) is 17.3 Å². The van der Waals surface area contributed by atoms with Crippen molar-refractivity contribution in [1.29, 1.82) is 0 Å². The molecule has 0 fully saturated rings. The maximum Gasteiger partial charge on any atom is 0.137 e. The monoisotopic (exact) mass is 257 g/mol. The first-order valence-electron chi connectivity index (χ1n) is 5.72. The summed E-state index contributed by atoms with van der Waals surface area (Å²) in [4.78, 5) is 11.8. The quantitative estimate of drug-likeness (QED) is 0.851. The molecule has 1 aromatic carbocycles. The summed E-state index contributed by atoms with van der Waals surface area (Å²) in [6, 6.07) is 4.10. The van der Waals surface area contributed by atoms with E-state index in [9.17, 15) is 9.18 Å². The van der Waals surface area contributed by atoms with E-state index in [0.717, 1.165) is 6.42 Å². The van der Waals surface area contributed by atoms with Crippen LogP contribution in [0.15, 0.2) is 18.2 Å². The molecular weight excluding hydrogens is 241 g/mol. The number of carbonyl (C=O) groups excluding carboxylic acids is 1. The van der Waals surface area contributed by atoms with Crippen LogP contribution in [-0.2, 0) is 11.2 Å². The predicted molar refractivity (Wildman–Crippen MR) is 67.6 cm³/mol. The lowest BCUT2D eigenvalue weighted by atomic mass is 9.96. The standard InChI is InChI=1S/C13H17ClFNO/c1-2-9(8-16)5-12(17)6-10-3-4-11(15)7-13(10)14/h3-4,7,9H,2,5-6,8,16H2,1H3. The molecule has 0 spiro atoms. The molecule has 94 valence electrons. The van der Waals surface area contributed by atoms with Crippen molar-refractivity contribution in [3.63, 3.8) is 0 Å². The Morgan fingerprint density at radius 3 is 2.76 bits per heavy atom. The average Bonchev–Trinajstić information content (AvgIpc) is 2.29. The van der Waals surface area contributed by atoms with Gasteiger partial charge in [0.05, 0.1) is 0 Å². The fourth-order valence-corrected chi connectivity index (χ4v) is 1.90. The highest BCUT2D eigenvalue weighted by Gasteiger charge is 2.12. The van der Waals surface area contributed by atoms with Gasteiger partial charge in [0, 0.05) is 17.9 Å². The van der Waals surface area contributed by atoms with Gasteiger partial charge in [0.25, 0.3) is 0 Å². The van der Waals surface area contributed by atoms with E-state index in [-0.39, 0.29) is 23.9 Å². The molecule has 4 heteroatoms. The Morgan fingerprint density at radius 1 is 1.53 bits per heavy atom. The molecule has 0 aliphatic rings. The van der Waals surface area contributed by atoms with Gasteiger partial charge in [0.1, 0.15) is 11.6 Å². The molecule has 0 saturated carbocycles. The topological polar surface area (TPSA) is 43.1 Å². The highest BCUT2D eigenvalue weighted by Crippen LogP contribution is 2.19. The van der Waals surface area contributed by atoms with Crippen molar-refractivity contribution < 1.29 is 9.18 Å². The maximum atomic E-state index is 12.8. The summed E-state index contributed by atoms with van der Waals surface area (Å²) in [5.41, 5.74) is 6.22. The zero-order valence-corrected chi connectivity index (χ0v) is 10.6. The Hall–Kier alpha value is -0.930. The molecular formula is C13H17ClFNO. The van der Waals surface area contributed by atoms with E-state index >= 15 is 0 Å². The van der Waals surface area contributed by atoms with Crippen LogP contribution in [0.3, 0.4) is 0 Å². The third-order valence-corrected chi connectivity index (χ3v) is 3.18. The third kappa shape index (κ3) is 4.44. The number of hydrogen-bond acceptors (Lipinski definition) is 2. The molecule has 0 radical (unpaired) electrons. The van der Waals surface area contributed by atoms with Gasteiger partial charge in [-0.3, -0.25) is 4.79 Å². The minimum absolute atomic E-state index is 0.0933. The first-order chi connectivity index (χ1) is 8.06. The molecule has 0 aliphatic heterocycles. The van der Waals surface area contributed by atoms with Crippen molar-refractivity contribution in [2.24, 2.45) is 11.7 Å². The van der Waals surface area contributed by atoms with Crippen molar-refractivity contribution in [1.82, 2.24) is 0 Å². The number of halogens is 2. The average molecular weight is 258 g/mol. The lowest BCUT2D eigenvalue weighted by molar-refractivity contribution is -0.119. The van der Waals surface area contributed by atoms with Crippen LogP contribution in [0.4, 0.5) is 4.39 Å². The van der Waals surface area contributed by atoms with Crippen LogP contribution >= 0.6 is 11.6 Å². The van der Waals surface area contributed by atoms with Gasteiger partial charge < -0.3 is 5.73 Å². The van der Waals surface area contributed by atoms with E-state index in [0.29, 0.717) is 23.6 Å². The molecule has 0 heterocycles. The number of Topliss-reactive ketones (excluding diaryl/α,β-unsaturated/α-hetero) is 1. The van der Waals surface area contributed by atoms with Gasteiger partial charge in [-0.15, -0.1) is 0 Å². The van der Waals surface area contributed by atoms with Crippen molar-refractivity contribution in [2.45, 2.75) is 26.2 Å². The van der Waals surface area contributed by atoms with Crippen LogP contribution in [-0.4, -0.2) is 12.3 Å². The zero-order chi connectivity index (χ0) is 12.8. The molecule has 17 heavy (non-hydrogen) atoms. The number of nitrogens with two attached hydrogens (primary N) is 1. The van der Waals surface area contributed by atoms with E-state index in [1.165, 1.54) is 12.1 Å². The number of benzene rings is 1. The molecule has 0 aliphatic carbocycles. The Morgan fingerprint density at radius 2 is 2.24 bits per heavy atom. The summed E-state index contributed by atoms with van der Waals surface area (Å²) in [5, 5.41) is 0.305. The lowest BCUT2D eigenvalue weighted by Crippen LogP contribution is -2.18. The second-order valence-corrected chi connectivity index (χ2v) is 4.57. The Kier molecular flexibility index (Phi) is 5.59. The molecule has 1 unspecified atom stereocenters. The summed E-state index contributed by atoms with van der Waals surface area (Å²) in [5.74, 6) is -0.0721. The van der Waals surface area contributed by atoms with Gasteiger partial charge >= 0.3 is 0 Å². The molecule has 1 atom stereocenters. The molecule has 0 saturated heterocycles. The minimum atomic E-state index is -0.389. The van der Waals surface area contributed by atoms with E-state index < -0.39 is 0 Å². The highest BCUT2D eigenvalue weighted by molar-refractivity contribution is 6.31. The first-order valence-corrected chi connectivity index (χ1v) is 6.10. The van der Waals surface area contributed by atoms with E-state index in [1.807, 2.05) is 6.92 Å².